The van der Waals surface area contributed by atoms with Crippen molar-refractivity contribution in [3.63, 3.8) is 0 Å². The summed E-state index contributed by atoms with van der Waals surface area (Å²) in [6, 6.07) is -0.788. The molecule has 0 rings (SSSR count). The molecule has 0 aliphatic rings. The zero-order valence-corrected chi connectivity index (χ0v) is 41.2. The van der Waals surface area contributed by atoms with Crippen LogP contribution in [0.1, 0.15) is 278 Å². The van der Waals surface area contributed by atoms with Gasteiger partial charge in [0.15, 0.2) is 0 Å². The molecule has 0 aliphatic carbocycles. The number of aliphatic hydroxyl groups excluding tert-OH is 2. The fourth-order valence-corrected chi connectivity index (χ4v) is 7.70. The van der Waals surface area contributed by atoms with E-state index in [-0.39, 0.29) is 18.4 Å². The van der Waals surface area contributed by atoms with Gasteiger partial charge in [-0.05, 0) is 25.7 Å². The van der Waals surface area contributed by atoms with E-state index in [1.165, 1.54) is 154 Å². The first-order valence-corrected chi connectivity index (χ1v) is 26.4. The second-order valence-electron chi connectivity index (χ2n) is 18.3. The molecule has 0 aliphatic heterocycles. The summed E-state index contributed by atoms with van der Waals surface area (Å²) in [5, 5.41) is 34.3. The van der Waals surface area contributed by atoms with Crippen LogP contribution < -0.4 is 10.6 Å². The number of carbonyl (C=O) groups is 4. The molecule has 0 saturated carbocycles. The Morgan fingerprint density at radius 1 is 0.435 bits per heavy atom. The van der Waals surface area contributed by atoms with E-state index in [4.69, 9.17) is 9.84 Å². The lowest BCUT2D eigenvalue weighted by molar-refractivity contribution is -0.152. The Morgan fingerprint density at radius 2 is 0.742 bits per heavy atom. The first kappa shape index (κ1) is 61.9. The van der Waals surface area contributed by atoms with Crippen molar-refractivity contribution in [2.24, 2.45) is 0 Å². The molecule has 10 nitrogen and oxygen atoms in total. The van der Waals surface area contributed by atoms with E-state index >= 15 is 0 Å². The summed E-state index contributed by atoms with van der Waals surface area (Å²) in [6.07, 6.45) is 42.5. The van der Waals surface area contributed by atoms with Crippen LogP contribution in [0.15, 0.2) is 0 Å². The SMILES string of the molecule is CCCCCCCCCCCC(=O)NC(CCCCCCCCCC)C(=O)OCC(CO)(CO)NC(=O)CCCCCCCCCCC.CCCCCCCCCCCC(=O)O. The van der Waals surface area contributed by atoms with Crippen LogP contribution in [0.2, 0.25) is 0 Å². The zero-order chi connectivity index (χ0) is 46.2. The van der Waals surface area contributed by atoms with Gasteiger partial charge in [0, 0.05) is 19.3 Å². The van der Waals surface area contributed by atoms with Crippen molar-refractivity contribution in [2.45, 2.75) is 290 Å². The molecule has 1 unspecified atom stereocenters. The lowest BCUT2D eigenvalue weighted by Crippen LogP contribution is -2.58. The third-order valence-electron chi connectivity index (χ3n) is 12.0. The topological polar surface area (TPSA) is 162 Å². The maximum absolute atomic E-state index is 13.2. The van der Waals surface area contributed by atoms with Crippen molar-refractivity contribution in [2.75, 3.05) is 19.8 Å². The van der Waals surface area contributed by atoms with Crippen molar-refractivity contribution in [3.8, 4) is 0 Å². The van der Waals surface area contributed by atoms with Gasteiger partial charge in [-0.2, -0.15) is 0 Å². The van der Waals surface area contributed by atoms with Crippen LogP contribution in [0.25, 0.3) is 0 Å². The maximum atomic E-state index is 13.2. The number of unbranched alkanes of at least 4 members (excludes halogenated alkanes) is 31. The number of hydrogen-bond acceptors (Lipinski definition) is 7. The first-order chi connectivity index (χ1) is 30.1. The van der Waals surface area contributed by atoms with E-state index in [1.807, 2.05) is 0 Å². The Morgan fingerprint density at radius 3 is 1.08 bits per heavy atom. The summed E-state index contributed by atoms with van der Waals surface area (Å²) in [5.74, 6) is -1.67. The quantitative estimate of drug-likeness (QED) is 0.0298. The number of amides is 2. The van der Waals surface area contributed by atoms with Crippen LogP contribution in [-0.2, 0) is 23.9 Å². The monoisotopic (exact) mass is 883 g/mol. The smallest absolute Gasteiger partial charge is 0.328 e. The van der Waals surface area contributed by atoms with Crippen LogP contribution in [-0.4, -0.2) is 70.5 Å². The summed E-state index contributed by atoms with van der Waals surface area (Å²) in [4.78, 5) is 49.0. The van der Waals surface area contributed by atoms with Gasteiger partial charge in [0.25, 0.3) is 0 Å². The third kappa shape index (κ3) is 43.1. The van der Waals surface area contributed by atoms with Crippen LogP contribution in [0.3, 0.4) is 0 Å². The van der Waals surface area contributed by atoms with Crippen molar-refractivity contribution < 1.29 is 39.2 Å². The van der Waals surface area contributed by atoms with E-state index in [0.717, 1.165) is 70.6 Å². The standard InChI is InChI=1S/C40H78N2O6.C12H24O2/c1-4-7-10-13-16-19-22-25-28-31-37(45)41-36(30-27-24-21-18-15-12-9-6-3)39(47)48-35-40(33-43,34-44)42-38(46)32-29-26-23-20-17-14-11-8-5-2;1-2-3-4-5-6-7-8-9-10-11-12(13)14/h36,43-44H,4-35H2,1-3H3,(H,41,45)(H,42,46);2-11H2,1H3,(H,13,14). The maximum Gasteiger partial charge on any atom is 0.328 e. The molecule has 0 aromatic rings. The number of carbonyl (C=O) groups excluding carboxylic acids is 3. The highest BCUT2D eigenvalue weighted by molar-refractivity contribution is 5.84. The molecule has 10 heteroatoms. The van der Waals surface area contributed by atoms with Crippen LogP contribution in [0.5, 0.6) is 0 Å². The Kier molecular flexibility index (Phi) is 48.2. The van der Waals surface area contributed by atoms with E-state index in [0.29, 0.717) is 25.7 Å². The lowest BCUT2D eigenvalue weighted by Gasteiger charge is -2.31. The lowest BCUT2D eigenvalue weighted by atomic mass is 10.0. The van der Waals surface area contributed by atoms with Gasteiger partial charge >= 0.3 is 11.9 Å². The molecule has 0 spiro atoms. The zero-order valence-electron chi connectivity index (χ0n) is 41.2. The van der Waals surface area contributed by atoms with Gasteiger partial charge < -0.3 is 30.7 Å². The first-order valence-electron chi connectivity index (χ1n) is 26.4. The Labute approximate surface area is 382 Å². The minimum Gasteiger partial charge on any atom is -0.481 e. The summed E-state index contributed by atoms with van der Waals surface area (Å²) in [7, 11) is 0. The number of hydrogen-bond donors (Lipinski definition) is 5. The average Bonchev–Trinajstić information content (AvgIpc) is 3.26. The molecule has 0 radical (unpaired) electrons. The Hall–Kier alpha value is -2.20. The predicted octanol–water partition coefficient (Wildman–Crippen LogP) is 13.2. The highest BCUT2D eigenvalue weighted by Gasteiger charge is 2.34. The molecule has 1 atom stereocenters. The number of rotatable bonds is 46. The minimum atomic E-state index is -1.46. The van der Waals surface area contributed by atoms with Crippen molar-refractivity contribution in [3.05, 3.63) is 0 Å². The number of nitrogens with one attached hydrogen (secondary N) is 2. The van der Waals surface area contributed by atoms with Crippen LogP contribution in [0.4, 0.5) is 0 Å². The number of aliphatic hydroxyl groups is 2. The van der Waals surface area contributed by atoms with Crippen LogP contribution >= 0.6 is 0 Å². The minimum absolute atomic E-state index is 0.149. The molecule has 0 aromatic heterocycles. The molecule has 0 heterocycles. The Balaban J connectivity index is 0. The summed E-state index contributed by atoms with van der Waals surface area (Å²) in [5.41, 5.74) is -1.46. The molecular weight excluding hydrogens is 781 g/mol. The molecule has 5 N–H and O–H groups in total. The fraction of sp³-hybridized carbons (Fsp3) is 0.923. The second kappa shape index (κ2) is 48.3. The van der Waals surface area contributed by atoms with Crippen LogP contribution in [0, 0.1) is 0 Å². The number of carboxylic acid groups (broad SMARTS) is 1. The summed E-state index contributed by atoms with van der Waals surface area (Å²) >= 11 is 0. The highest BCUT2D eigenvalue weighted by atomic mass is 16.5. The fourth-order valence-electron chi connectivity index (χ4n) is 7.70. The largest absolute Gasteiger partial charge is 0.481 e. The van der Waals surface area contributed by atoms with Gasteiger partial charge in [-0.1, -0.05) is 233 Å². The van der Waals surface area contributed by atoms with Crippen molar-refractivity contribution >= 4 is 23.8 Å². The van der Waals surface area contributed by atoms with E-state index in [9.17, 15) is 29.4 Å². The van der Waals surface area contributed by atoms with Gasteiger partial charge in [-0.3, -0.25) is 14.4 Å². The molecule has 0 fully saturated rings. The van der Waals surface area contributed by atoms with Crippen molar-refractivity contribution in [1.82, 2.24) is 10.6 Å². The molecule has 368 valence electrons. The van der Waals surface area contributed by atoms with Gasteiger partial charge in [0.1, 0.15) is 18.2 Å². The highest BCUT2D eigenvalue weighted by Crippen LogP contribution is 2.16. The van der Waals surface area contributed by atoms with E-state index in [2.05, 4.69) is 38.3 Å². The number of ether oxygens (including phenoxy) is 1. The molecule has 0 bridgehead atoms. The molecule has 62 heavy (non-hydrogen) atoms. The normalized spacial score (nSPS) is 11.8. The number of aliphatic carboxylic acids is 1. The van der Waals surface area contributed by atoms with E-state index < -0.39 is 36.7 Å². The van der Waals surface area contributed by atoms with Gasteiger partial charge in [-0.15, -0.1) is 0 Å². The van der Waals surface area contributed by atoms with Crippen molar-refractivity contribution in [1.29, 1.82) is 0 Å². The second-order valence-corrected chi connectivity index (χ2v) is 18.3. The average molecular weight is 883 g/mol. The molecule has 0 saturated heterocycles. The number of carboxylic acids is 1. The molecule has 0 aromatic carbocycles. The predicted molar refractivity (Wildman–Crippen MR) is 258 cm³/mol. The van der Waals surface area contributed by atoms with E-state index in [1.54, 1.807) is 0 Å². The van der Waals surface area contributed by atoms with Gasteiger partial charge in [0.05, 0.1) is 13.2 Å². The third-order valence-corrected chi connectivity index (χ3v) is 12.0. The Bertz CT molecular complexity index is 1010. The number of esters is 1. The molecule has 2 amide bonds. The molecular formula is C52H102N2O8. The summed E-state index contributed by atoms with van der Waals surface area (Å²) in [6.45, 7) is 7.40. The van der Waals surface area contributed by atoms with Gasteiger partial charge in [-0.25, -0.2) is 4.79 Å². The summed E-state index contributed by atoms with van der Waals surface area (Å²) < 4.78 is 5.58. The van der Waals surface area contributed by atoms with Gasteiger partial charge in [0.2, 0.25) is 11.8 Å².